The van der Waals surface area contributed by atoms with E-state index < -0.39 is 101 Å². The van der Waals surface area contributed by atoms with E-state index in [4.69, 9.17) is 18.6 Å². The lowest BCUT2D eigenvalue weighted by atomic mass is 9.99. The molecule has 1 saturated heterocycles. The van der Waals surface area contributed by atoms with E-state index in [9.17, 15) is 55.2 Å². The fourth-order valence-electron chi connectivity index (χ4n) is 3.82. The van der Waals surface area contributed by atoms with Gasteiger partial charge in [0.15, 0.2) is 17.3 Å². The molecule has 15 nitrogen and oxygen atoms in total. The first-order valence-corrected chi connectivity index (χ1v) is 11.2. The van der Waals surface area contributed by atoms with E-state index >= 15 is 0 Å². The van der Waals surface area contributed by atoms with Crippen LogP contribution >= 0.6 is 0 Å². The van der Waals surface area contributed by atoms with Crippen molar-refractivity contribution in [2.45, 2.75) is 37.1 Å². The Morgan fingerprint density at radius 1 is 0.872 bits per heavy atom. The standard InChI is InChI=1S/C24H22O15/c25-7-14-18(32)20(34)21(35)24(37-14)39-16(31)6-15(30)38-23-19(33)17-12(29)4-9(26)5-13(17)36-22(23)8-1-2-10(27)11(28)3-8/h1-5,14,18,20-21,24-29,32,34-35H,6-7H2/t14-,18+,20-,21-,24-/m1/s1. The summed E-state index contributed by atoms with van der Waals surface area (Å²) in [5.41, 5.74) is -1.52. The minimum atomic E-state index is -1.93. The van der Waals surface area contributed by atoms with Gasteiger partial charge in [-0.25, -0.2) is 0 Å². The van der Waals surface area contributed by atoms with E-state index in [1.54, 1.807) is 0 Å². The number of phenolic OH excluding ortho intramolecular Hbond substituents is 4. The Labute approximate surface area is 216 Å². The maximum absolute atomic E-state index is 13.2. The van der Waals surface area contributed by atoms with E-state index in [1.807, 2.05) is 0 Å². The van der Waals surface area contributed by atoms with Crippen molar-refractivity contribution in [3.63, 3.8) is 0 Å². The second-order valence-electron chi connectivity index (χ2n) is 8.47. The summed E-state index contributed by atoms with van der Waals surface area (Å²) in [5, 5.41) is 77.7. The summed E-state index contributed by atoms with van der Waals surface area (Å²) < 4.78 is 20.5. The number of carbonyl (C=O) groups excluding carboxylic acids is 2. The molecule has 3 aromatic rings. The van der Waals surface area contributed by atoms with Gasteiger partial charge in [0.05, 0.1) is 6.61 Å². The third-order valence-corrected chi connectivity index (χ3v) is 5.76. The van der Waals surface area contributed by atoms with Crippen LogP contribution in [0.15, 0.2) is 39.5 Å². The van der Waals surface area contributed by atoms with Crippen LogP contribution in [0.2, 0.25) is 0 Å². The Morgan fingerprint density at radius 2 is 1.59 bits per heavy atom. The zero-order chi connectivity index (χ0) is 28.6. The number of aromatic hydroxyl groups is 4. The number of aliphatic hydroxyl groups is 4. The van der Waals surface area contributed by atoms with E-state index in [-0.39, 0.29) is 11.1 Å². The first-order valence-electron chi connectivity index (χ1n) is 11.2. The topological polar surface area (TPSA) is 254 Å². The summed E-state index contributed by atoms with van der Waals surface area (Å²) in [4.78, 5) is 38.1. The van der Waals surface area contributed by atoms with Gasteiger partial charge in [0, 0.05) is 17.7 Å². The minimum Gasteiger partial charge on any atom is -0.508 e. The number of aliphatic hydroxyl groups excluding tert-OH is 4. The smallest absolute Gasteiger partial charge is 0.322 e. The maximum atomic E-state index is 13.2. The molecule has 1 aliphatic rings. The molecule has 2 aromatic carbocycles. The van der Waals surface area contributed by atoms with Gasteiger partial charge in [-0.2, -0.15) is 0 Å². The van der Waals surface area contributed by atoms with Gasteiger partial charge in [-0.1, -0.05) is 0 Å². The summed E-state index contributed by atoms with van der Waals surface area (Å²) in [6, 6.07) is 5.01. The molecule has 1 fully saturated rings. The molecule has 0 spiro atoms. The van der Waals surface area contributed by atoms with Crippen molar-refractivity contribution in [1.82, 2.24) is 0 Å². The number of hydrogen-bond donors (Lipinski definition) is 8. The fraction of sp³-hybridized carbons (Fsp3) is 0.292. The molecule has 4 rings (SSSR count). The summed E-state index contributed by atoms with van der Waals surface area (Å²) >= 11 is 0. The molecule has 5 atom stereocenters. The van der Waals surface area contributed by atoms with Gasteiger partial charge < -0.3 is 59.5 Å². The minimum absolute atomic E-state index is 0.0844. The first kappa shape index (κ1) is 27.6. The average Bonchev–Trinajstić information content (AvgIpc) is 2.87. The van der Waals surface area contributed by atoms with Crippen LogP contribution in [0.25, 0.3) is 22.3 Å². The Hall–Kier alpha value is -4.41. The second-order valence-corrected chi connectivity index (χ2v) is 8.47. The number of rotatable bonds is 6. The largest absolute Gasteiger partial charge is 0.508 e. The van der Waals surface area contributed by atoms with Crippen LogP contribution in [0.5, 0.6) is 28.7 Å². The molecule has 15 heteroatoms. The molecule has 0 aliphatic carbocycles. The monoisotopic (exact) mass is 550 g/mol. The second kappa shape index (κ2) is 10.8. The van der Waals surface area contributed by atoms with E-state index in [0.717, 1.165) is 24.3 Å². The molecule has 208 valence electrons. The van der Waals surface area contributed by atoms with Crippen molar-refractivity contribution in [3.8, 4) is 40.1 Å². The van der Waals surface area contributed by atoms with Gasteiger partial charge in [-0.05, 0) is 18.2 Å². The number of carbonyl (C=O) groups is 2. The SMILES string of the molecule is O=C(CC(=O)O[C@H]1O[C@H](CO)[C@H](O)[C@@H](O)[C@H]1O)Oc1c(-c2ccc(O)c(O)c2)oc2cc(O)cc(O)c2c1=O. The Balaban J connectivity index is 1.63. The van der Waals surface area contributed by atoms with Gasteiger partial charge in [-0.15, -0.1) is 0 Å². The fourth-order valence-corrected chi connectivity index (χ4v) is 3.82. The molecule has 1 aromatic heterocycles. The third-order valence-electron chi connectivity index (χ3n) is 5.76. The third kappa shape index (κ3) is 5.43. The number of esters is 2. The Kier molecular flexibility index (Phi) is 7.62. The van der Waals surface area contributed by atoms with Crippen molar-refractivity contribution in [2.24, 2.45) is 0 Å². The molecule has 0 saturated carbocycles. The van der Waals surface area contributed by atoms with Crippen LogP contribution in [0.1, 0.15) is 6.42 Å². The molecule has 8 N–H and O–H groups in total. The molecule has 0 amide bonds. The van der Waals surface area contributed by atoms with Crippen LogP contribution < -0.4 is 10.2 Å². The molecular weight excluding hydrogens is 528 g/mol. The zero-order valence-electron chi connectivity index (χ0n) is 19.6. The highest BCUT2D eigenvalue weighted by molar-refractivity contribution is 5.94. The maximum Gasteiger partial charge on any atom is 0.322 e. The summed E-state index contributed by atoms with van der Waals surface area (Å²) in [7, 11) is 0. The van der Waals surface area contributed by atoms with E-state index in [0.29, 0.717) is 0 Å². The van der Waals surface area contributed by atoms with Gasteiger partial charge in [-0.3, -0.25) is 14.4 Å². The lowest BCUT2D eigenvalue weighted by molar-refractivity contribution is -0.292. The van der Waals surface area contributed by atoms with Crippen molar-refractivity contribution in [3.05, 3.63) is 40.6 Å². The predicted molar refractivity (Wildman–Crippen MR) is 125 cm³/mol. The van der Waals surface area contributed by atoms with Crippen LogP contribution in [0.4, 0.5) is 0 Å². The summed E-state index contributed by atoms with van der Waals surface area (Å²) in [6.45, 7) is -0.793. The number of ether oxygens (including phenoxy) is 3. The lowest BCUT2D eigenvalue weighted by Gasteiger charge is -2.39. The number of benzene rings is 2. The van der Waals surface area contributed by atoms with Crippen molar-refractivity contribution in [1.29, 1.82) is 0 Å². The summed E-state index contributed by atoms with van der Waals surface area (Å²) in [5.74, 6) is -6.41. The van der Waals surface area contributed by atoms with Crippen LogP contribution in [-0.4, -0.2) is 90.1 Å². The highest BCUT2D eigenvalue weighted by Gasteiger charge is 2.45. The molecule has 2 heterocycles. The number of hydrogen-bond acceptors (Lipinski definition) is 15. The number of fused-ring (bicyclic) bond motifs is 1. The quantitative estimate of drug-likeness (QED) is 0.103. The Morgan fingerprint density at radius 3 is 2.26 bits per heavy atom. The van der Waals surface area contributed by atoms with Gasteiger partial charge in [0.1, 0.15) is 53.3 Å². The first-order chi connectivity index (χ1) is 18.4. The van der Waals surface area contributed by atoms with Crippen molar-refractivity contribution < 1.29 is 69.1 Å². The van der Waals surface area contributed by atoms with Gasteiger partial charge in [0.2, 0.25) is 17.5 Å². The predicted octanol–water partition coefficient (Wildman–Crippen LogP) is -1.08. The van der Waals surface area contributed by atoms with Crippen LogP contribution in [0, 0.1) is 0 Å². The zero-order valence-corrected chi connectivity index (χ0v) is 19.6. The molecule has 0 bridgehead atoms. The molecule has 0 radical (unpaired) electrons. The van der Waals surface area contributed by atoms with Crippen molar-refractivity contribution in [2.75, 3.05) is 6.61 Å². The number of phenols is 4. The Bertz CT molecular complexity index is 1480. The normalized spacial score (nSPS) is 22.9. The highest BCUT2D eigenvalue weighted by atomic mass is 16.7. The molecule has 39 heavy (non-hydrogen) atoms. The van der Waals surface area contributed by atoms with Gasteiger partial charge >= 0.3 is 11.9 Å². The lowest BCUT2D eigenvalue weighted by Crippen LogP contribution is -2.59. The average molecular weight is 550 g/mol. The van der Waals surface area contributed by atoms with Crippen LogP contribution in [-0.2, 0) is 19.1 Å². The van der Waals surface area contributed by atoms with Crippen LogP contribution in [0.3, 0.4) is 0 Å². The molecular formula is C24H22O15. The van der Waals surface area contributed by atoms with E-state index in [2.05, 4.69) is 0 Å². The van der Waals surface area contributed by atoms with E-state index in [1.165, 1.54) is 6.07 Å². The summed E-state index contributed by atoms with van der Waals surface area (Å²) in [6.07, 6.45) is -9.91. The van der Waals surface area contributed by atoms with Gasteiger partial charge in [0.25, 0.3) is 0 Å². The molecule has 0 unspecified atom stereocenters. The highest BCUT2D eigenvalue weighted by Crippen LogP contribution is 2.38. The molecule has 1 aliphatic heterocycles. The van der Waals surface area contributed by atoms with Crippen molar-refractivity contribution >= 4 is 22.9 Å².